The van der Waals surface area contributed by atoms with E-state index < -0.39 is 0 Å². The molecule has 2 rings (SSSR count). The van der Waals surface area contributed by atoms with E-state index >= 15 is 0 Å². The molecule has 0 bridgehead atoms. The first-order valence-electron chi connectivity index (χ1n) is 7.68. The normalized spacial score (nSPS) is 12.2. The zero-order chi connectivity index (χ0) is 17.1. The predicted molar refractivity (Wildman–Crippen MR) is 91.3 cm³/mol. The van der Waals surface area contributed by atoms with Crippen LogP contribution in [-0.2, 0) is 20.9 Å². The lowest BCUT2D eigenvalue weighted by Gasteiger charge is -2.07. The van der Waals surface area contributed by atoms with Crippen LogP contribution in [-0.4, -0.2) is 23.1 Å². The van der Waals surface area contributed by atoms with Gasteiger partial charge in [0.05, 0.1) is 16.8 Å². The van der Waals surface area contributed by atoms with E-state index in [0.29, 0.717) is 11.4 Å². The van der Waals surface area contributed by atoms with Gasteiger partial charge in [-0.25, -0.2) is 0 Å². The quantitative estimate of drug-likeness (QED) is 0.808. The first kappa shape index (κ1) is 17.4. The van der Waals surface area contributed by atoms with E-state index in [2.05, 4.69) is 11.1 Å². The van der Waals surface area contributed by atoms with E-state index in [0.717, 1.165) is 21.3 Å². The van der Waals surface area contributed by atoms with Crippen LogP contribution in [0.4, 0.5) is 0 Å². The third kappa shape index (κ3) is 3.88. The Hall–Kier alpha value is -1.95. The van der Waals surface area contributed by atoms with Gasteiger partial charge in [0.2, 0.25) is 0 Å². The highest BCUT2D eigenvalue weighted by Crippen LogP contribution is 2.23. The summed E-state index contributed by atoms with van der Waals surface area (Å²) in [6.07, 6.45) is 0. The van der Waals surface area contributed by atoms with Crippen molar-refractivity contribution >= 4 is 33.4 Å². The Bertz CT molecular complexity index is 815. The first-order valence-corrected chi connectivity index (χ1v) is 8.50. The number of benzene rings is 1. The van der Waals surface area contributed by atoms with Gasteiger partial charge in [0.25, 0.3) is 5.91 Å². The number of rotatable bonds is 4. The lowest BCUT2D eigenvalue weighted by atomic mass is 10.1. The molecule has 0 aliphatic rings. The van der Waals surface area contributed by atoms with E-state index in [9.17, 15) is 9.59 Å². The minimum absolute atomic E-state index is 0.0575. The smallest absolute Gasteiger partial charge is 0.326 e. The number of fused-ring (bicyclic) bond motifs is 1. The number of nitrogens with zero attached hydrogens (tertiary/aromatic N) is 2. The number of hydrogen-bond acceptors (Lipinski definition) is 4. The molecule has 6 heteroatoms. The lowest BCUT2D eigenvalue weighted by molar-refractivity contribution is -0.143. The van der Waals surface area contributed by atoms with Crippen LogP contribution in [0.1, 0.15) is 31.9 Å². The summed E-state index contributed by atoms with van der Waals surface area (Å²) in [5, 5.41) is 0. The molecule has 1 heterocycles. The highest BCUT2D eigenvalue weighted by Gasteiger charge is 2.15. The molecule has 5 nitrogen and oxygen atoms in total. The summed E-state index contributed by atoms with van der Waals surface area (Å²) in [5.74, 6) is -0.701. The monoisotopic (exact) mass is 334 g/mol. The van der Waals surface area contributed by atoms with Crippen molar-refractivity contribution in [2.24, 2.45) is 10.9 Å². The molecule has 23 heavy (non-hydrogen) atoms. The molecule has 0 spiro atoms. The second kappa shape index (κ2) is 7.08. The summed E-state index contributed by atoms with van der Waals surface area (Å²) in [6.45, 7) is 9.81. The molecule has 124 valence electrons. The second-order valence-corrected chi connectivity index (χ2v) is 6.82. The number of aromatic nitrogens is 1. The highest BCUT2D eigenvalue weighted by atomic mass is 32.1. The van der Waals surface area contributed by atoms with Gasteiger partial charge in [-0.2, -0.15) is 4.99 Å². The average Bonchev–Trinajstić information content (AvgIpc) is 2.76. The van der Waals surface area contributed by atoms with E-state index in [1.807, 2.05) is 33.8 Å². The Morgan fingerprint density at radius 1 is 1.30 bits per heavy atom. The van der Waals surface area contributed by atoms with Gasteiger partial charge >= 0.3 is 5.97 Å². The molecule has 1 aromatic heterocycles. The predicted octanol–water partition coefficient (Wildman–Crippen LogP) is 2.97. The van der Waals surface area contributed by atoms with Crippen LogP contribution in [0, 0.1) is 19.8 Å². The first-order chi connectivity index (χ1) is 10.8. The molecule has 0 aliphatic carbocycles. The average molecular weight is 334 g/mol. The third-order valence-electron chi connectivity index (χ3n) is 3.40. The van der Waals surface area contributed by atoms with Crippen LogP contribution in [0.5, 0.6) is 0 Å². The largest absolute Gasteiger partial charge is 0.465 e. The fourth-order valence-corrected chi connectivity index (χ4v) is 3.59. The van der Waals surface area contributed by atoms with Crippen molar-refractivity contribution in [1.82, 2.24) is 4.57 Å². The number of carbonyl (C=O) groups is 2. The van der Waals surface area contributed by atoms with Crippen LogP contribution in [0.3, 0.4) is 0 Å². The summed E-state index contributed by atoms with van der Waals surface area (Å²) in [6, 6.07) is 4.11. The Balaban J connectivity index is 2.67. The fraction of sp³-hybridized carbons (Fsp3) is 0.471. The topological polar surface area (TPSA) is 60.7 Å². The Kier molecular flexibility index (Phi) is 5.36. The number of carbonyl (C=O) groups excluding carboxylic acids is 2. The lowest BCUT2D eigenvalue weighted by Crippen LogP contribution is -2.24. The molecule has 0 fully saturated rings. The van der Waals surface area contributed by atoms with E-state index in [1.54, 1.807) is 11.5 Å². The van der Waals surface area contributed by atoms with E-state index in [1.165, 1.54) is 11.3 Å². The van der Waals surface area contributed by atoms with Gasteiger partial charge in [-0.3, -0.25) is 9.59 Å². The third-order valence-corrected chi connectivity index (χ3v) is 4.43. The molecular formula is C17H22N2O3S. The van der Waals surface area contributed by atoms with Gasteiger partial charge in [0.1, 0.15) is 6.54 Å². The van der Waals surface area contributed by atoms with Crippen molar-refractivity contribution in [2.45, 2.75) is 41.2 Å². The fourth-order valence-electron chi connectivity index (χ4n) is 2.38. The van der Waals surface area contributed by atoms with Crippen LogP contribution in [0.15, 0.2) is 17.1 Å². The number of amides is 1. The molecule has 2 aromatic rings. The molecular weight excluding hydrogens is 312 g/mol. The highest BCUT2D eigenvalue weighted by molar-refractivity contribution is 7.16. The maximum atomic E-state index is 12.0. The van der Waals surface area contributed by atoms with Gasteiger partial charge in [-0.15, -0.1) is 0 Å². The van der Waals surface area contributed by atoms with Crippen molar-refractivity contribution < 1.29 is 14.3 Å². The van der Waals surface area contributed by atoms with E-state index in [4.69, 9.17) is 4.74 Å². The van der Waals surface area contributed by atoms with Crippen molar-refractivity contribution in [3.8, 4) is 0 Å². The minimum atomic E-state index is -0.328. The summed E-state index contributed by atoms with van der Waals surface area (Å²) < 4.78 is 7.85. The van der Waals surface area contributed by atoms with Crippen molar-refractivity contribution in [2.75, 3.05) is 6.61 Å². The Morgan fingerprint density at radius 3 is 2.61 bits per heavy atom. The minimum Gasteiger partial charge on any atom is -0.465 e. The van der Waals surface area contributed by atoms with Gasteiger partial charge in [0, 0.05) is 5.92 Å². The maximum Gasteiger partial charge on any atom is 0.326 e. The number of hydrogen-bond donors (Lipinski definition) is 0. The zero-order valence-corrected chi connectivity index (χ0v) is 15.0. The van der Waals surface area contributed by atoms with Crippen molar-refractivity contribution in [1.29, 1.82) is 0 Å². The number of thiazole rings is 1. The molecule has 0 saturated heterocycles. The molecule has 1 aromatic carbocycles. The van der Waals surface area contributed by atoms with Crippen LogP contribution >= 0.6 is 11.3 Å². The molecule has 0 aliphatic heterocycles. The summed E-state index contributed by atoms with van der Waals surface area (Å²) >= 11 is 1.43. The van der Waals surface area contributed by atoms with Gasteiger partial charge in [-0.1, -0.05) is 31.3 Å². The van der Waals surface area contributed by atoms with Crippen molar-refractivity contribution in [3.63, 3.8) is 0 Å². The van der Waals surface area contributed by atoms with Gasteiger partial charge < -0.3 is 9.30 Å². The van der Waals surface area contributed by atoms with Gasteiger partial charge in [-0.05, 0) is 38.0 Å². The Labute approximate surface area is 139 Å². The Morgan fingerprint density at radius 2 is 2.00 bits per heavy atom. The molecule has 0 atom stereocenters. The summed E-state index contributed by atoms with van der Waals surface area (Å²) in [4.78, 5) is 28.7. The molecule has 0 radical (unpaired) electrons. The standard InChI is InChI=1S/C17H22N2O3S/c1-6-22-14(20)9-19-15-12(5)7-11(4)8-13(15)23-17(19)18-16(21)10(2)3/h7-8,10H,6,9H2,1-5H3. The molecule has 1 amide bonds. The number of ether oxygens (including phenoxy) is 1. The van der Waals surface area contributed by atoms with Crippen LogP contribution < -0.4 is 4.80 Å². The van der Waals surface area contributed by atoms with Crippen LogP contribution in [0.25, 0.3) is 10.2 Å². The zero-order valence-electron chi connectivity index (χ0n) is 14.2. The molecule has 0 N–H and O–H groups in total. The second-order valence-electron chi connectivity index (χ2n) is 5.81. The number of esters is 1. The summed E-state index contributed by atoms with van der Waals surface area (Å²) in [7, 11) is 0. The summed E-state index contributed by atoms with van der Waals surface area (Å²) in [5.41, 5.74) is 3.13. The van der Waals surface area contributed by atoms with E-state index in [-0.39, 0.29) is 24.3 Å². The molecule has 0 unspecified atom stereocenters. The molecule has 0 saturated carbocycles. The van der Waals surface area contributed by atoms with Crippen LogP contribution in [0.2, 0.25) is 0 Å². The van der Waals surface area contributed by atoms with Crippen molar-refractivity contribution in [3.05, 3.63) is 28.1 Å². The SMILES string of the molecule is CCOC(=O)Cn1c(=NC(=O)C(C)C)sc2cc(C)cc(C)c21. The number of aryl methyl sites for hydroxylation is 2. The maximum absolute atomic E-state index is 12.0. The van der Waals surface area contributed by atoms with Gasteiger partial charge in [0.15, 0.2) is 4.80 Å².